The molecule has 0 atom stereocenters. The Morgan fingerprint density at radius 3 is 2.53 bits per heavy atom. The number of benzene rings is 3. The first-order valence-corrected chi connectivity index (χ1v) is 13.5. The fourth-order valence-corrected chi connectivity index (χ4v) is 5.97. The van der Waals surface area contributed by atoms with Crippen molar-refractivity contribution in [2.75, 3.05) is 38.3 Å². The summed E-state index contributed by atoms with van der Waals surface area (Å²) >= 11 is 6.10. The van der Waals surface area contributed by atoms with Crippen LogP contribution in [0, 0.1) is 12.7 Å². The molecular formula is C26H26Cl2FN3O5S. The van der Waals surface area contributed by atoms with E-state index in [0.29, 0.717) is 41.7 Å². The number of hydrogen-bond acceptors (Lipinski definition) is 6. The number of nitrogens with zero attached hydrogens (tertiary/aromatic N) is 2. The lowest BCUT2D eigenvalue weighted by molar-refractivity contribution is 0.102. The summed E-state index contributed by atoms with van der Waals surface area (Å²) in [6.07, 6.45) is 0. The molecule has 1 amide bonds. The second-order valence-corrected chi connectivity index (χ2v) is 11.2. The standard InChI is InChI=1S/C26H25ClFN3O5S.ClH/c1-17-21(27)3-2-4-23(17)29-26(32)20-14-19(6-7-22(20)28)37(33,34)31-11-9-30(10-12-31)15-18-5-8-24-25(13-18)36-16-35-24;/h2-8,13-14H,9-12,15-16H2,1H3,(H,29,32);1H. The van der Waals surface area contributed by atoms with Gasteiger partial charge in [-0.15, -0.1) is 12.4 Å². The second kappa shape index (κ2) is 11.5. The van der Waals surface area contributed by atoms with Gasteiger partial charge in [-0.3, -0.25) is 9.69 Å². The number of anilines is 1. The van der Waals surface area contributed by atoms with Gasteiger partial charge in [-0.25, -0.2) is 12.8 Å². The van der Waals surface area contributed by atoms with E-state index in [2.05, 4.69) is 10.2 Å². The summed E-state index contributed by atoms with van der Waals surface area (Å²) in [4.78, 5) is 14.8. The molecule has 202 valence electrons. The molecule has 2 aliphatic heterocycles. The molecule has 0 aromatic heterocycles. The number of piperazine rings is 1. The number of hydrogen-bond donors (Lipinski definition) is 1. The molecule has 5 rings (SSSR count). The highest BCUT2D eigenvalue weighted by molar-refractivity contribution is 7.89. The largest absolute Gasteiger partial charge is 0.454 e. The molecule has 0 unspecified atom stereocenters. The van der Waals surface area contributed by atoms with E-state index >= 15 is 0 Å². The average molecular weight is 582 g/mol. The van der Waals surface area contributed by atoms with E-state index in [1.807, 2.05) is 18.2 Å². The Labute approximate surface area is 231 Å². The zero-order valence-corrected chi connectivity index (χ0v) is 22.8. The summed E-state index contributed by atoms with van der Waals surface area (Å²) in [5.74, 6) is -0.145. The lowest BCUT2D eigenvalue weighted by Gasteiger charge is -2.34. The Morgan fingerprint density at radius 1 is 1.03 bits per heavy atom. The quantitative estimate of drug-likeness (QED) is 0.454. The molecule has 0 aliphatic carbocycles. The first-order valence-electron chi connectivity index (χ1n) is 11.7. The molecule has 0 bridgehead atoms. The van der Waals surface area contributed by atoms with Crippen molar-refractivity contribution >= 4 is 45.6 Å². The van der Waals surface area contributed by atoms with Gasteiger partial charge in [0.2, 0.25) is 16.8 Å². The molecular weight excluding hydrogens is 556 g/mol. The second-order valence-electron chi connectivity index (χ2n) is 8.88. The number of sulfonamides is 1. The van der Waals surface area contributed by atoms with Crippen molar-refractivity contribution < 1.29 is 27.1 Å². The lowest BCUT2D eigenvalue weighted by atomic mass is 10.1. The van der Waals surface area contributed by atoms with Crippen LogP contribution in [-0.2, 0) is 16.6 Å². The SMILES string of the molecule is Cc1c(Cl)cccc1NC(=O)c1cc(S(=O)(=O)N2CCN(Cc3ccc4c(c3)OCO4)CC2)ccc1F.Cl. The molecule has 3 aromatic rings. The molecule has 0 radical (unpaired) electrons. The van der Waals surface area contributed by atoms with Crippen molar-refractivity contribution in [1.82, 2.24) is 9.21 Å². The smallest absolute Gasteiger partial charge is 0.258 e. The van der Waals surface area contributed by atoms with Crippen LogP contribution in [0.5, 0.6) is 11.5 Å². The number of ether oxygens (including phenoxy) is 2. The Kier molecular flexibility index (Phi) is 8.49. The van der Waals surface area contributed by atoms with Crippen LogP contribution >= 0.6 is 24.0 Å². The van der Waals surface area contributed by atoms with Crippen molar-refractivity contribution in [2.24, 2.45) is 0 Å². The Morgan fingerprint density at radius 2 is 1.76 bits per heavy atom. The highest BCUT2D eigenvalue weighted by Gasteiger charge is 2.30. The van der Waals surface area contributed by atoms with Gasteiger partial charge in [0.05, 0.1) is 10.5 Å². The van der Waals surface area contributed by atoms with Crippen LogP contribution in [0.15, 0.2) is 59.5 Å². The van der Waals surface area contributed by atoms with Gasteiger partial charge < -0.3 is 14.8 Å². The van der Waals surface area contributed by atoms with Gasteiger partial charge in [-0.2, -0.15) is 4.31 Å². The number of carbonyl (C=O) groups is 1. The van der Waals surface area contributed by atoms with Gasteiger partial charge in [0.1, 0.15) is 5.82 Å². The summed E-state index contributed by atoms with van der Waals surface area (Å²) in [5, 5.41) is 3.07. The molecule has 0 spiro atoms. The number of nitrogens with one attached hydrogen (secondary N) is 1. The Hall–Kier alpha value is -2.89. The molecule has 1 N–H and O–H groups in total. The van der Waals surface area contributed by atoms with Crippen molar-refractivity contribution in [1.29, 1.82) is 0 Å². The zero-order chi connectivity index (χ0) is 26.2. The minimum absolute atomic E-state index is 0. The van der Waals surface area contributed by atoms with E-state index in [1.165, 1.54) is 10.4 Å². The minimum atomic E-state index is -3.92. The third-order valence-corrected chi connectivity index (χ3v) is 8.81. The van der Waals surface area contributed by atoms with Gasteiger partial charge in [0.25, 0.3) is 5.91 Å². The molecule has 1 fully saturated rings. The lowest BCUT2D eigenvalue weighted by Crippen LogP contribution is -2.48. The fraction of sp³-hybridized carbons (Fsp3) is 0.269. The average Bonchev–Trinajstić information content (AvgIpc) is 3.35. The Balaban J connectivity index is 0.00000336. The van der Waals surface area contributed by atoms with Crippen LogP contribution in [0.25, 0.3) is 0 Å². The van der Waals surface area contributed by atoms with E-state index in [-0.39, 0.29) is 42.7 Å². The monoisotopic (exact) mass is 581 g/mol. The zero-order valence-electron chi connectivity index (χ0n) is 20.4. The van der Waals surface area contributed by atoms with E-state index in [9.17, 15) is 17.6 Å². The van der Waals surface area contributed by atoms with Gasteiger partial charge in [-0.05, 0) is 60.5 Å². The van der Waals surface area contributed by atoms with Crippen LogP contribution in [-0.4, -0.2) is 56.5 Å². The summed E-state index contributed by atoms with van der Waals surface area (Å²) < 4.78 is 53.3. The van der Waals surface area contributed by atoms with E-state index in [4.69, 9.17) is 21.1 Å². The van der Waals surface area contributed by atoms with E-state index < -0.39 is 21.7 Å². The first kappa shape index (κ1) is 28.1. The maximum atomic E-state index is 14.6. The summed E-state index contributed by atoms with van der Waals surface area (Å²) in [5.41, 5.74) is 1.73. The van der Waals surface area contributed by atoms with Crippen molar-refractivity contribution in [3.8, 4) is 11.5 Å². The highest BCUT2D eigenvalue weighted by atomic mass is 35.5. The topological polar surface area (TPSA) is 88.2 Å². The maximum Gasteiger partial charge on any atom is 0.258 e. The number of carbonyl (C=O) groups excluding carboxylic acids is 1. The molecule has 38 heavy (non-hydrogen) atoms. The van der Waals surface area contributed by atoms with Crippen molar-refractivity contribution in [2.45, 2.75) is 18.4 Å². The number of amides is 1. The molecule has 2 aliphatic rings. The van der Waals surface area contributed by atoms with Gasteiger partial charge >= 0.3 is 0 Å². The van der Waals surface area contributed by atoms with Crippen LogP contribution in [0.3, 0.4) is 0 Å². The third kappa shape index (κ3) is 5.74. The van der Waals surface area contributed by atoms with Gasteiger partial charge in [0.15, 0.2) is 11.5 Å². The van der Waals surface area contributed by atoms with Crippen molar-refractivity contribution in [3.05, 3.63) is 82.1 Å². The van der Waals surface area contributed by atoms with E-state index in [0.717, 1.165) is 23.4 Å². The number of rotatable bonds is 6. The molecule has 2 heterocycles. The third-order valence-electron chi connectivity index (χ3n) is 6.51. The predicted molar refractivity (Wildman–Crippen MR) is 144 cm³/mol. The summed E-state index contributed by atoms with van der Waals surface area (Å²) in [6.45, 7) is 4.17. The minimum Gasteiger partial charge on any atom is -0.454 e. The predicted octanol–water partition coefficient (Wildman–Crippen LogP) is 4.70. The molecule has 8 nitrogen and oxygen atoms in total. The Bertz CT molecular complexity index is 1460. The molecule has 0 saturated carbocycles. The van der Waals surface area contributed by atoms with Gasteiger partial charge in [-0.1, -0.05) is 23.7 Å². The van der Waals surface area contributed by atoms with Crippen LogP contribution < -0.4 is 14.8 Å². The molecule has 3 aromatic carbocycles. The normalized spacial score (nSPS) is 15.7. The number of fused-ring (bicyclic) bond motifs is 1. The van der Waals surface area contributed by atoms with Gasteiger partial charge in [0, 0.05) is 43.4 Å². The fourth-order valence-electron chi connectivity index (χ4n) is 4.35. The molecule has 1 saturated heterocycles. The number of halogens is 3. The summed E-state index contributed by atoms with van der Waals surface area (Å²) in [6, 6.07) is 14.0. The highest BCUT2D eigenvalue weighted by Crippen LogP contribution is 2.33. The van der Waals surface area contributed by atoms with Crippen LogP contribution in [0.1, 0.15) is 21.5 Å². The van der Waals surface area contributed by atoms with Crippen LogP contribution in [0.4, 0.5) is 10.1 Å². The summed E-state index contributed by atoms with van der Waals surface area (Å²) in [7, 11) is -3.92. The van der Waals surface area contributed by atoms with Crippen LogP contribution in [0.2, 0.25) is 5.02 Å². The molecule has 12 heteroatoms. The van der Waals surface area contributed by atoms with E-state index in [1.54, 1.807) is 25.1 Å². The van der Waals surface area contributed by atoms with Crippen molar-refractivity contribution in [3.63, 3.8) is 0 Å². The maximum absolute atomic E-state index is 14.6. The first-order chi connectivity index (χ1) is 17.7.